The minimum atomic E-state index is 0.814. The molecule has 0 unspecified atom stereocenters. The fourth-order valence-corrected chi connectivity index (χ4v) is 3.43. The van der Waals surface area contributed by atoms with Gasteiger partial charge in [0, 0.05) is 12.6 Å². The number of hydrogen-bond donors (Lipinski definition) is 0. The first-order valence-corrected chi connectivity index (χ1v) is 6.14. The summed E-state index contributed by atoms with van der Waals surface area (Å²) in [5, 5.41) is 0. The quantitative estimate of drug-likeness (QED) is 0.623. The molecule has 0 amide bonds. The Bertz CT molecular complexity index is 358. The molecule has 1 aromatic carbocycles. The summed E-state index contributed by atoms with van der Waals surface area (Å²) in [4.78, 5) is 2.56. The first kappa shape index (κ1) is 9.41. The van der Waals surface area contributed by atoms with Crippen LogP contribution in [0.25, 0.3) is 0 Å². The number of fused-ring (bicyclic) bond motifs is 3. The van der Waals surface area contributed by atoms with E-state index in [4.69, 9.17) is 0 Å². The van der Waals surface area contributed by atoms with Crippen molar-refractivity contribution in [3.63, 3.8) is 0 Å². The van der Waals surface area contributed by atoms with Gasteiger partial charge in [0.15, 0.2) is 0 Å². The molecule has 0 aromatic heterocycles. The van der Waals surface area contributed by atoms with E-state index in [0.29, 0.717) is 0 Å². The average molecular weight is 201 g/mol. The van der Waals surface area contributed by atoms with Crippen LogP contribution in [0.3, 0.4) is 0 Å². The van der Waals surface area contributed by atoms with E-state index < -0.39 is 0 Å². The highest BCUT2D eigenvalue weighted by molar-refractivity contribution is 5.34. The molecule has 0 bridgehead atoms. The maximum absolute atomic E-state index is 2.56. The van der Waals surface area contributed by atoms with Crippen molar-refractivity contribution in [1.29, 1.82) is 0 Å². The summed E-state index contributed by atoms with van der Waals surface area (Å²) in [5.74, 6) is 0.814. The van der Waals surface area contributed by atoms with E-state index in [2.05, 4.69) is 36.2 Å². The zero-order chi connectivity index (χ0) is 10.3. The van der Waals surface area contributed by atoms with Gasteiger partial charge in [-0.25, -0.2) is 0 Å². The number of rotatable bonds is 0. The number of benzene rings is 1. The molecule has 1 heterocycles. The Balaban J connectivity index is 2.02. The molecule has 1 aromatic rings. The molecule has 0 saturated heterocycles. The van der Waals surface area contributed by atoms with Crippen molar-refractivity contribution in [2.75, 3.05) is 7.05 Å². The number of nitrogens with zero attached hydrogens (tertiary/aromatic N) is 1. The molecule has 2 atom stereocenters. The summed E-state index contributed by atoms with van der Waals surface area (Å²) in [6, 6.07) is 9.85. The van der Waals surface area contributed by atoms with Gasteiger partial charge in [0.05, 0.1) is 0 Å². The van der Waals surface area contributed by atoms with E-state index in [1.165, 1.54) is 25.7 Å². The maximum atomic E-state index is 2.56. The van der Waals surface area contributed by atoms with Gasteiger partial charge in [-0.1, -0.05) is 37.1 Å². The Labute approximate surface area is 92.1 Å². The largest absolute Gasteiger partial charge is 0.299 e. The lowest BCUT2D eigenvalue weighted by molar-refractivity contribution is 0.143. The second kappa shape index (κ2) is 3.64. The van der Waals surface area contributed by atoms with Gasteiger partial charge < -0.3 is 0 Å². The summed E-state index contributed by atoms with van der Waals surface area (Å²) in [6.07, 6.45) is 5.64. The van der Waals surface area contributed by atoms with Crippen LogP contribution in [0.15, 0.2) is 24.3 Å². The Morgan fingerprint density at radius 3 is 2.87 bits per heavy atom. The maximum Gasteiger partial charge on any atom is 0.0236 e. The predicted octanol–water partition coefficient (Wildman–Crippen LogP) is 3.16. The second-order valence-electron chi connectivity index (χ2n) is 5.07. The molecule has 1 saturated carbocycles. The van der Waals surface area contributed by atoms with Gasteiger partial charge in [-0.2, -0.15) is 0 Å². The minimum Gasteiger partial charge on any atom is -0.299 e. The van der Waals surface area contributed by atoms with Gasteiger partial charge >= 0.3 is 0 Å². The Morgan fingerprint density at radius 1 is 1.13 bits per heavy atom. The molecule has 0 spiro atoms. The van der Waals surface area contributed by atoms with Crippen molar-refractivity contribution in [2.24, 2.45) is 0 Å². The Kier molecular flexibility index (Phi) is 2.28. The van der Waals surface area contributed by atoms with Crippen LogP contribution in [-0.4, -0.2) is 18.0 Å². The Morgan fingerprint density at radius 2 is 1.93 bits per heavy atom. The van der Waals surface area contributed by atoms with Crippen LogP contribution in [0.4, 0.5) is 0 Å². The van der Waals surface area contributed by atoms with E-state index in [9.17, 15) is 0 Å². The molecule has 2 aliphatic rings. The molecule has 1 fully saturated rings. The van der Waals surface area contributed by atoms with Crippen molar-refractivity contribution in [3.05, 3.63) is 35.4 Å². The van der Waals surface area contributed by atoms with Gasteiger partial charge in [-0.3, -0.25) is 4.90 Å². The zero-order valence-electron chi connectivity index (χ0n) is 9.45. The van der Waals surface area contributed by atoms with Crippen LogP contribution >= 0.6 is 0 Å². The van der Waals surface area contributed by atoms with Gasteiger partial charge in [0.2, 0.25) is 0 Å². The lowest BCUT2D eigenvalue weighted by atomic mass is 9.75. The van der Waals surface area contributed by atoms with Crippen LogP contribution in [-0.2, 0) is 6.54 Å². The van der Waals surface area contributed by atoms with Gasteiger partial charge in [0.25, 0.3) is 0 Å². The monoisotopic (exact) mass is 201 g/mol. The summed E-state index contributed by atoms with van der Waals surface area (Å²) in [6.45, 7) is 1.15. The lowest BCUT2D eigenvalue weighted by Crippen LogP contribution is -2.42. The van der Waals surface area contributed by atoms with Crippen LogP contribution in [0.5, 0.6) is 0 Å². The third-order valence-electron chi connectivity index (χ3n) is 4.17. The van der Waals surface area contributed by atoms with Gasteiger partial charge in [-0.15, -0.1) is 0 Å². The van der Waals surface area contributed by atoms with Gasteiger partial charge in [0.1, 0.15) is 0 Å². The SMILES string of the molecule is CN1Cc2ccccc2[C@@H]2CCCC[C@@H]21. The predicted molar refractivity (Wildman–Crippen MR) is 62.9 cm³/mol. The van der Waals surface area contributed by atoms with Crippen LogP contribution in [0.1, 0.15) is 42.7 Å². The molecule has 1 aliphatic heterocycles. The minimum absolute atomic E-state index is 0.814. The molecule has 15 heavy (non-hydrogen) atoms. The third-order valence-corrected chi connectivity index (χ3v) is 4.17. The number of hydrogen-bond acceptors (Lipinski definition) is 1. The third kappa shape index (κ3) is 1.50. The van der Waals surface area contributed by atoms with E-state index >= 15 is 0 Å². The first-order chi connectivity index (χ1) is 7.36. The van der Waals surface area contributed by atoms with E-state index in [1.807, 2.05) is 0 Å². The van der Waals surface area contributed by atoms with Gasteiger partial charge in [-0.05, 0) is 36.9 Å². The van der Waals surface area contributed by atoms with Crippen molar-refractivity contribution in [1.82, 2.24) is 4.90 Å². The van der Waals surface area contributed by atoms with Crippen LogP contribution in [0.2, 0.25) is 0 Å². The molecule has 1 aliphatic carbocycles. The molecule has 80 valence electrons. The first-order valence-electron chi connectivity index (χ1n) is 6.14. The normalized spacial score (nSPS) is 30.7. The zero-order valence-corrected chi connectivity index (χ0v) is 9.45. The average Bonchev–Trinajstić information content (AvgIpc) is 2.30. The van der Waals surface area contributed by atoms with Crippen molar-refractivity contribution in [2.45, 2.75) is 44.2 Å². The van der Waals surface area contributed by atoms with Crippen molar-refractivity contribution in [3.8, 4) is 0 Å². The summed E-state index contributed by atoms with van der Waals surface area (Å²) in [5.41, 5.74) is 3.20. The van der Waals surface area contributed by atoms with E-state index in [0.717, 1.165) is 18.5 Å². The Hall–Kier alpha value is -0.820. The summed E-state index contributed by atoms with van der Waals surface area (Å²) in [7, 11) is 2.29. The second-order valence-corrected chi connectivity index (χ2v) is 5.07. The standard InChI is InChI=1S/C14H19N/c1-15-10-11-6-2-3-7-12(11)13-8-4-5-9-14(13)15/h2-3,6-7,13-14H,4-5,8-10H2,1H3/t13-,14-/m0/s1. The molecule has 1 heteroatoms. The lowest BCUT2D eigenvalue weighted by Gasteiger charge is -2.43. The highest BCUT2D eigenvalue weighted by atomic mass is 15.1. The van der Waals surface area contributed by atoms with Crippen molar-refractivity contribution < 1.29 is 0 Å². The fraction of sp³-hybridized carbons (Fsp3) is 0.571. The smallest absolute Gasteiger partial charge is 0.0236 e. The highest BCUT2D eigenvalue weighted by Crippen LogP contribution is 2.40. The fourth-order valence-electron chi connectivity index (χ4n) is 3.43. The van der Waals surface area contributed by atoms with E-state index in [1.54, 1.807) is 11.1 Å². The molecular formula is C14H19N. The summed E-state index contributed by atoms with van der Waals surface area (Å²) < 4.78 is 0. The van der Waals surface area contributed by atoms with Crippen LogP contribution < -0.4 is 0 Å². The molecular weight excluding hydrogens is 182 g/mol. The number of likely N-dealkylation sites (N-methyl/N-ethyl adjacent to an activating group) is 1. The van der Waals surface area contributed by atoms with Crippen molar-refractivity contribution >= 4 is 0 Å². The molecule has 0 radical (unpaired) electrons. The molecule has 0 N–H and O–H groups in total. The summed E-state index contributed by atoms with van der Waals surface area (Å²) >= 11 is 0. The topological polar surface area (TPSA) is 3.24 Å². The highest BCUT2D eigenvalue weighted by Gasteiger charge is 2.34. The van der Waals surface area contributed by atoms with Crippen LogP contribution in [0, 0.1) is 0 Å². The molecule has 3 rings (SSSR count). The van der Waals surface area contributed by atoms with E-state index in [-0.39, 0.29) is 0 Å². The molecule has 1 nitrogen and oxygen atoms in total.